The Hall–Kier alpha value is -5.45. The van der Waals surface area contributed by atoms with Crippen LogP contribution in [0.15, 0.2) is 96.3 Å². The first-order chi connectivity index (χ1) is 18.9. The number of nitrogens with zero attached hydrogens (tertiary/aromatic N) is 3. The van der Waals surface area contributed by atoms with Crippen molar-refractivity contribution in [2.45, 2.75) is 13.0 Å². The van der Waals surface area contributed by atoms with Crippen LogP contribution >= 0.6 is 0 Å². The Morgan fingerprint density at radius 1 is 0.974 bits per heavy atom. The minimum atomic E-state index is -0.782. The Balaban J connectivity index is 1.56. The van der Waals surface area contributed by atoms with Gasteiger partial charge in [-0.1, -0.05) is 30.3 Å². The molecular formula is C28H24N6O5. The van der Waals surface area contributed by atoms with E-state index in [1.54, 1.807) is 55.5 Å². The Bertz CT molecular complexity index is 1590. The molecule has 0 aliphatic carbocycles. The summed E-state index contributed by atoms with van der Waals surface area (Å²) in [5, 5.41) is 24.6. The van der Waals surface area contributed by atoms with Crippen LogP contribution in [0.1, 0.15) is 28.9 Å². The van der Waals surface area contributed by atoms with Crippen LogP contribution in [0.4, 0.5) is 22.9 Å². The number of nitrogens with one attached hydrogen (secondary N) is 3. The van der Waals surface area contributed by atoms with E-state index in [4.69, 9.17) is 4.74 Å². The molecule has 1 aliphatic heterocycles. The molecule has 2 amide bonds. The number of para-hydroxylation sites is 3. The summed E-state index contributed by atoms with van der Waals surface area (Å²) >= 11 is 0. The number of fused-ring (bicyclic) bond motifs is 1. The fraction of sp³-hybridized carbons (Fsp3) is 0.107. The smallest absolute Gasteiger partial charge is 0.269 e. The second kappa shape index (κ2) is 10.5. The zero-order valence-electron chi connectivity index (χ0n) is 21.0. The predicted molar refractivity (Wildman–Crippen MR) is 146 cm³/mol. The number of allylic oxidation sites excluding steroid dienone is 1. The monoisotopic (exact) mass is 524 g/mol. The molecule has 2 heterocycles. The predicted octanol–water partition coefficient (Wildman–Crippen LogP) is 4.98. The van der Waals surface area contributed by atoms with Crippen LogP contribution in [-0.4, -0.2) is 33.6 Å². The second-order valence-electron chi connectivity index (χ2n) is 8.74. The van der Waals surface area contributed by atoms with Gasteiger partial charge in [-0.05, 0) is 48.9 Å². The molecule has 0 spiro atoms. The van der Waals surface area contributed by atoms with Gasteiger partial charge in [0, 0.05) is 23.5 Å². The lowest BCUT2D eigenvalue weighted by Gasteiger charge is -2.30. The van der Waals surface area contributed by atoms with Crippen molar-refractivity contribution in [3.05, 3.63) is 118 Å². The summed E-state index contributed by atoms with van der Waals surface area (Å²) in [6, 6.07) is 21.1. The number of carbonyl (C=O) groups excluding carboxylic acids is 2. The first-order valence-electron chi connectivity index (χ1n) is 12.0. The van der Waals surface area contributed by atoms with Crippen molar-refractivity contribution in [1.82, 2.24) is 9.78 Å². The van der Waals surface area contributed by atoms with Crippen molar-refractivity contribution in [3.8, 4) is 5.75 Å². The summed E-state index contributed by atoms with van der Waals surface area (Å²) in [4.78, 5) is 37.6. The lowest BCUT2D eigenvalue weighted by atomic mass is 9.94. The summed E-state index contributed by atoms with van der Waals surface area (Å²) in [5.74, 6) is 0.0638. The van der Waals surface area contributed by atoms with Gasteiger partial charge < -0.3 is 20.7 Å². The summed E-state index contributed by atoms with van der Waals surface area (Å²) in [5.41, 5.74) is 2.67. The van der Waals surface area contributed by atoms with Crippen LogP contribution in [0.25, 0.3) is 0 Å². The van der Waals surface area contributed by atoms with Crippen LogP contribution in [0.5, 0.6) is 5.75 Å². The summed E-state index contributed by atoms with van der Waals surface area (Å²) < 4.78 is 6.90. The number of hydrogen-bond donors (Lipinski definition) is 3. The molecule has 4 aromatic rings. The van der Waals surface area contributed by atoms with Gasteiger partial charge >= 0.3 is 0 Å². The average molecular weight is 525 g/mol. The minimum absolute atomic E-state index is 0.0861. The maximum absolute atomic E-state index is 13.7. The molecule has 1 atom stereocenters. The number of benzene rings is 3. The molecular weight excluding hydrogens is 500 g/mol. The second-order valence-corrected chi connectivity index (χ2v) is 8.74. The minimum Gasteiger partial charge on any atom is -0.495 e. The highest BCUT2D eigenvalue weighted by molar-refractivity contribution is 6.09. The molecule has 11 heteroatoms. The fourth-order valence-corrected chi connectivity index (χ4v) is 4.46. The van der Waals surface area contributed by atoms with Gasteiger partial charge in [0.15, 0.2) is 0 Å². The largest absolute Gasteiger partial charge is 0.495 e. The normalized spacial score (nSPS) is 14.2. The van der Waals surface area contributed by atoms with Gasteiger partial charge in [0.2, 0.25) is 0 Å². The van der Waals surface area contributed by atoms with Crippen LogP contribution < -0.4 is 20.7 Å². The molecule has 0 bridgehead atoms. The van der Waals surface area contributed by atoms with E-state index in [1.807, 2.05) is 18.2 Å². The van der Waals surface area contributed by atoms with Gasteiger partial charge in [-0.15, -0.1) is 0 Å². The molecule has 3 N–H and O–H groups in total. The van der Waals surface area contributed by atoms with Crippen molar-refractivity contribution in [2.24, 2.45) is 0 Å². The molecule has 3 aromatic carbocycles. The van der Waals surface area contributed by atoms with Gasteiger partial charge in [0.05, 0.1) is 29.5 Å². The van der Waals surface area contributed by atoms with Crippen molar-refractivity contribution in [3.63, 3.8) is 0 Å². The van der Waals surface area contributed by atoms with Gasteiger partial charge in [-0.25, -0.2) is 4.68 Å². The van der Waals surface area contributed by atoms with E-state index < -0.39 is 16.9 Å². The zero-order valence-corrected chi connectivity index (χ0v) is 21.0. The highest BCUT2D eigenvalue weighted by atomic mass is 16.6. The molecule has 0 fully saturated rings. The molecule has 5 rings (SSSR count). The third-order valence-electron chi connectivity index (χ3n) is 6.32. The Morgan fingerprint density at radius 2 is 1.67 bits per heavy atom. The molecule has 0 saturated carbocycles. The summed E-state index contributed by atoms with van der Waals surface area (Å²) in [6.07, 6.45) is 1.42. The van der Waals surface area contributed by atoms with Crippen molar-refractivity contribution >= 4 is 34.7 Å². The highest BCUT2D eigenvalue weighted by Crippen LogP contribution is 2.39. The molecule has 1 aromatic heterocycles. The number of methoxy groups -OCH3 is 1. The maximum Gasteiger partial charge on any atom is 0.269 e. The number of carbonyl (C=O) groups is 2. The number of rotatable bonds is 7. The SMILES string of the molecule is COc1ccccc1NC(=O)C1=C(C)Nc2c(C(=O)Nc3ccccc3)cnn2C1c1ccc([N+](=O)[O-])cc1. The van der Waals surface area contributed by atoms with E-state index in [0.717, 1.165) is 0 Å². The first kappa shape index (κ1) is 25.2. The van der Waals surface area contributed by atoms with Crippen molar-refractivity contribution in [2.75, 3.05) is 23.1 Å². The molecule has 1 aliphatic rings. The number of nitro groups is 1. The van der Waals surface area contributed by atoms with Gasteiger partial charge in [-0.3, -0.25) is 19.7 Å². The van der Waals surface area contributed by atoms with Crippen LogP contribution in [-0.2, 0) is 4.79 Å². The van der Waals surface area contributed by atoms with Crippen LogP contribution in [0.2, 0.25) is 0 Å². The quantitative estimate of drug-likeness (QED) is 0.229. The van der Waals surface area contributed by atoms with Crippen molar-refractivity contribution < 1.29 is 19.2 Å². The number of amides is 2. The lowest BCUT2D eigenvalue weighted by Crippen LogP contribution is -2.32. The van der Waals surface area contributed by atoms with E-state index in [9.17, 15) is 19.7 Å². The average Bonchev–Trinajstić information content (AvgIpc) is 3.36. The van der Waals surface area contributed by atoms with Crippen LogP contribution in [0.3, 0.4) is 0 Å². The Morgan fingerprint density at radius 3 is 2.36 bits per heavy atom. The first-order valence-corrected chi connectivity index (χ1v) is 12.0. The Labute approximate surface area is 223 Å². The van der Waals surface area contributed by atoms with E-state index in [2.05, 4.69) is 21.0 Å². The van der Waals surface area contributed by atoms with Gasteiger partial charge in [-0.2, -0.15) is 5.10 Å². The summed E-state index contributed by atoms with van der Waals surface area (Å²) in [7, 11) is 1.51. The maximum atomic E-state index is 13.7. The molecule has 39 heavy (non-hydrogen) atoms. The lowest BCUT2D eigenvalue weighted by molar-refractivity contribution is -0.384. The topological polar surface area (TPSA) is 140 Å². The molecule has 196 valence electrons. The number of nitro benzene ring substituents is 1. The molecule has 11 nitrogen and oxygen atoms in total. The number of hydrogen-bond acceptors (Lipinski definition) is 7. The third-order valence-corrected chi connectivity index (χ3v) is 6.32. The van der Waals surface area contributed by atoms with E-state index >= 15 is 0 Å². The third kappa shape index (κ3) is 4.92. The molecule has 1 unspecified atom stereocenters. The van der Waals surface area contributed by atoms with Gasteiger partial charge in [0.1, 0.15) is 23.2 Å². The number of non-ortho nitro benzene ring substituents is 1. The molecule has 0 saturated heterocycles. The van der Waals surface area contributed by atoms with E-state index in [-0.39, 0.29) is 17.2 Å². The highest BCUT2D eigenvalue weighted by Gasteiger charge is 2.35. The number of aromatic nitrogens is 2. The van der Waals surface area contributed by atoms with E-state index in [1.165, 1.54) is 30.1 Å². The zero-order chi connectivity index (χ0) is 27.5. The van der Waals surface area contributed by atoms with E-state index in [0.29, 0.717) is 39.8 Å². The Kier molecular flexibility index (Phi) is 6.79. The van der Waals surface area contributed by atoms with Crippen molar-refractivity contribution in [1.29, 1.82) is 0 Å². The van der Waals surface area contributed by atoms with Gasteiger partial charge in [0.25, 0.3) is 17.5 Å². The fourth-order valence-electron chi connectivity index (χ4n) is 4.46. The summed E-state index contributed by atoms with van der Waals surface area (Å²) in [6.45, 7) is 1.73. The van der Waals surface area contributed by atoms with Crippen LogP contribution in [0, 0.1) is 10.1 Å². The number of ether oxygens (including phenoxy) is 1. The molecule has 0 radical (unpaired) electrons. The number of anilines is 3. The standard InChI is InChI=1S/C28H24N6O5/c1-17-24(28(36)32-22-10-6-7-11-23(22)39-2)25(18-12-14-20(15-13-18)34(37)38)33-26(30-17)21(16-29-33)27(35)31-19-8-4-3-5-9-19/h3-16,25,30H,1-2H3,(H,31,35)(H,32,36).